The molecular weight excluding hydrogens is 248 g/mol. The van der Waals surface area contributed by atoms with E-state index in [1.807, 2.05) is 10.9 Å². The maximum atomic E-state index is 13.4. The lowest BCUT2D eigenvalue weighted by Gasteiger charge is -2.05. The standard InChI is InChI=1S/C14H17F2N3/c1-2-5-19-10-11(8-18-19)7-17-9-12-6-13(15)3-4-14(12)16/h3-4,6,8,10,17H,2,5,7,9H2,1H3. The Labute approximate surface area is 111 Å². The predicted molar refractivity (Wildman–Crippen MR) is 69.4 cm³/mol. The second kappa shape index (κ2) is 6.43. The zero-order valence-electron chi connectivity index (χ0n) is 10.9. The number of hydrogen-bond donors (Lipinski definition) is 1. The van der Waals surface area contributed by atoms with Crippen molar-refractivity contribution in [1.82, 2.24) is 15.1 Å². The second-order valence-electron chi connectivity index (χ2n) is 4.45. The van der Waals surface area contributed by atoms with Crippen molar-refractivity contribution < 1.29 is 8.78 Å². The highest BCUT2D eigenvalue weighted by atomic mass is 19.1. The van der Waals surface area contributed by atoms with E-state index in [1.54, 1.807) is 6.20 Å². The van der Waals surface area contributed by atoms with Crippen molar-refractivity contribution in [2.75, 3.05) is 0 Å². The SMILES string of the molecule is CCCn1cc(CNCc2cc(F)ccc2F)cn1. The van der Waals surface area contributed by atoms with E-state index in [-0.39, 0.29) is 0 Å². The van der Waals surface area contributed by atoms with Crippen LogP contribution in [0.25, 0.3) is 0 Å². The third-order valence-corrected chi connectivity index (χ3v) is 2.79. The summed E-state index contributed by atoms with van der Waals surface area (Å²) in [5.74, 6) is -0.815. The van der Waals surface area contributed by atoms with Crippen LogP contribution >= 0.6 is 0 Å². The summed E-state index contributed by atoms with van der Waals surface area (Å²) < 4.78 is 28.2. The summed E-state index contributed by atoms with van der Waals surface area (Å²) >= 11 is 0. The minimum absolute atomic E-state index is 0.294. The first kappa shape index (κ1) is 13.7. The number of halogens is 2. The summed E-state index contributed by atoms with van der Waals surface area (Å²) in [4.78, 5) is 0. The van der Waals surface area contributed by atoms with Crippen molar-refractivity contribution in [3.63, 3.8) is 0 Å². The molecule has 0 atom stereocenters. The number of nitrogens with one attached hydrogen (secondary N) is 1. The molecule has 5 heteroatoms. The highest BCUT2D eigenvalue weighted by molar-refractivity contribution is 5.18. The van der Waals surface area contributed by atoms with Gasteiger partial charge in [-0.25, -0.2) is 8.78 Å². The topological polar surface area (TPSA) is 29.9 Å². The van der Waals surface area contributed by atoms with Crippen LogP contribution in [-0.2, 0) is 19.6 Å². The zero-order valence-corrected chi connectivity index (χ0v) is 10.9. The summed E-state index contributed by atoms with van der Waals surface area (Å²) in [7, 11) is 0. The minimum atomic E-state index is -0.422. The molecule has 2 aromatic rings. The van der Waals surface area contributed by atoms with Crippen molar-refractivity contribution in [1.29, 1.82) is 0 Å². The molecule has 2 rings (SSSR count). The van der Waals surface area contributed by atoms with Crippen LogP contribution in [0.4, 0.5) is 8.78 Å². The fraction of sp³-hybridized carbons (Fsp3) is 0.357. The maximum absolute atomic E-state index is 13.4. The average molecular weight is 265 g/mol. The molecule has 0 spiro atoms. The average Bonchev–Trinajstić information content (AvgIpc) is 2.82. The zero-order chi connectivity index (χ0) is 13.7. The van der Waals surface area contributed by atoms with Crippen LogP contribution in [0, 0.1) is 11.6 Å². The van der Waals surface area contributed by atoms with E-state index in [9.17, 15) is 8.78 Å². The summed E-state index contributed by atoms with van der Waals surface area (Å²) in [6, 6.07) is 3.47. The molecule has 0 saturated carbocycles. The molecule has 0 radical (unpaired) electrons. The van der Waals surface area contributed by atoms with Crippen molar-refractivity contribution in [3.8, 4) is 0 Å². The van der Waals surface area contributed by atoms with E-state index in [0.717, 1.165) is 30.7 Å². The monoisotopic (exact) mass is 265 g/mol. The minimum Gasteiger partial charge on any atom is -0.308 e. The van der Waals surface area contributed by atoms with Crippen LogP contribution in [0.2, 0.25) is 0 Å². The number of hydrogen-bond acceptors (Lipinski definition) is 2. The second-order valence-corrected chi connectivity index (χ2v) is 4.45. The van der Waals surface area contributed by atoms with E-state index in [4.69, 9.17) is 0 Å². The van der Waals surface area contributed by atoms with E-state index >= 15 is 0 Å². The molecule has 102 valence electrons. The lowest BCUT2D eigenvalue weighted by atomic mass is 10.2. The molecule has 0 bridgehead atoms. The van der Waals surface area contributed by atoms with Crippen LogP contribution in [0.15, 0.2) is 30.6 Å². The molecule has 0 aliphatic rings. The van der Waals surface area contributed by atoms with Gasteiger partial charge in [-0.3, -0.25) is 4.68 Å². The van der Waals surface area contributed by atoms with Crippen LogP contribution in [0.1, 0.15) is 24.5 Å². The highest BCUT2D eigenvalue weighted by Gasteiger charge is 2.04. The first-order valence-electron chi connectivity index (χ1n) is 6.35. The summed E-state index contributed by atoms with van der Waals surface area (Å²) in [5.41, 5.74) is 1.37. The Morgan fingerprint density at radius 2 is 2.11 bits per heavy atom. The van der Waals surface area contributed by atoms with Gasteiger partial charge in [0.2, 0.25) is 0 Å². The molecule has 0 amide bonds. The number of aryl methyl sites for hydroxylation is 1. The van der Waals surface area contributed by atoms with Crippen LogP contribution in [-0.4, -0.2) is 9.78 Å². The Morgan fingerprint density at radius 1 is 1.26 bits per heavy atom. The largest absolute Gasteiger partial charge is 0.308 e. The molecule has 1 heterocycles. The third-order valence-electron chi connectivity index (χ3n) is 2.79. The molecule has 0 aliphatic heterocycles. The van der Waals surface area contributed by atoms with Gasteiger partial charge < -0.3 is 5.32 Å². The molecule has 0 aliphatic carbocycles. The van der Waals surface area contributed by atoms with Crippen LogP contribution in [0.5, 0.6) is 0 Å². The number of rotatable bonds is 6. The molecule has 1 N–H and O–H groups in total. The van der Waals surface area contributed by atoms with Crippen LogP contribution < -0.4 is 5.32 Å². The van der Waals surface area contributed by atoms with E-state index in [0.29, 0.717) is 18.7 Å². The number of nitrogens with zero attached hydrogens (tertiary/aromatic N) is 2. The Balaban J connectivity index is 1.87. The van der Waals surface area contributed by atoms with E-state index < -0.39 is 11.6 Å². The Hall–Kier alpha value is -1.75. The van der Waals surface area contributed by atoms with Crippen molar-refractivity contribution in [3.05, 3.63) is 53.4 Å². The molecule has 3 nitrogen and oxygen atoms in total. The van der Waals surface area contributed by atoms with Gasteiger partial charge in [-0.2, -0.15) is 5.10 Å². The summed E-state index contributed by atoms with van der Waals surface area (Å²) in [5, 5.41) is 7.29. The summed E-state index contributed by atoms with van der Waals surface area (Å²) in [6.45, 7) is 3.85. The van der Waals surface area contributed by atoms with Gasteiger partial charge in [-0.15, -0.1) is 0 Å². The first-order valence-corrected chi connectivity index (χ1v) is 6.35. The van der Waals surface area contributed by atoms with Crippen molar-refractivity contribution in [2.45, 2.75) is 33.0 Å². The number of aromatic nitrogens is 2. The molecule has 1 aromatic heterocycles. The predicted octanol–water partition coefficient (Wildman–Crippen LogP) is 2.86. The van der Waals surface area contributed by atoms with Gasteiger partial charge in [0.25, 0.3) is 0 Å². The fourth-order valence-corrected chi connectivity index (χ4v) is 1.87. The molecule has 0 unspecified atom stereocenters. The normalized spacial score (nSPS) is 10.9. The van der Waals surface area contributed by atoms with Gasteiger partial charge in [-0.1, -0.05) is 6.92 Å². The van der Waals surface area contributed by atoms with E-state index in [1.165, 1.54) is 6.07 Å². The smallest absolute Gasteiger partial charge is 0.127 e. The lowest BCUT2D eigenvalue weighted by Crippen LogP contribution is -2.13. The molecule has 19 heavy (non-hydrogen) atoms. The van der Waals surface area contributed by atoms with Gasteiger partial charge in [0.15, 0.2) is 0 Å². The third kappa shape index (κ3) is 3.86. The van der Waals surface area contributed by atoms with E-state index in [2.05, 4.69) is 17.3 Å². The van der Waals surface area contributed by atoms with Crippen molar-refractivity contribution >= 4 is 0 Å². The molecule has 0 fully saturated rings. The van der Waals surface area contributed by atoms with Gasteiger partial charge >= 0.3 is 0 Å². The summed E-state index contributed by atoms with van der Waals surface area (Å²) in [6.07, 6.45) is 4.77. The Kier molecular flexibility index (Phi) is 4.63. The molecular formula is C14H17F2N3. The Bertz CT molecular complexity index is 537. The fourth-order valence-electron chi connectivity index (χ4n) is 1.87. The quantitative estimate of drug-likeness (QED) is 0.870. The van der Waals surface area contributed by atoms with Gasteiger partial charge in [0.1, 0.15) is 11.6 Å². The first-order chi connectivity index (χ1) is 9.19. The molecule has 0 saturated heterocycles. The van der Waals surface area contributed by atoms with Crippen molar-refractivity contribution in [2.24, 2.45) is 0 Å². The van der Waals surface area contributed by atoms with Gasteiger partial charge in [0.05, 0.1) is 6.20 Å². The molecule has 1 aromatic carbocycles. The van der Waals surface area contributed by atoms with Gasteiger partial charge in [0, 0.05) is 37.0 Å². The highest BCUT2D eigenvalue weighted by Crippen LogP contribution is 2.09. The van der Waals surface area contributed by atoms with Crippen LogP contribution in [0.3, 0.4) is 0 Å². The van der Waals surface area contributed by atoms with Gasteiger partial charge in [-0.05, 0) is 24.6 Å². The number of benzene rings is 1. The lowest BCUT2D eigenvalue weighted by molar-refractivity contribution is 0.568. The maximum Gasteiger partial charge on any atom is 0.127 e. The Morgan fingerprint density at radius 3 is 2.89 bits per heavy atom.